The number of fused-ring (bicyclic) bond motifs is 2. The predicted molar refractivity (Wildman–Crippen MR) is 137 cm³/mol. The zero-order chi connectivity index (χ0) is 29.0. The zero-order valence-electron chi connectivity index (χ0n) is 21.8. The van der Waals surface area contributed by atoms with E-state index in [2.05, 4.69) is 30.0 Å². The number of aliphatic carboxylic acids is 3. The van der Waals surface area contributed by atoms with E-state index in [1.807, 2.05) is 6.07 Å². The molecule has 212 valence electrons. The van der Waals surface area contributed by atoms with Crippen molar-refractivity contribution in [3.05, 3.63) is 65.0 Å². The minimum Gasteiger partial charge on any atom is -0.496 e. The SMILES string of the molecule is COc1c(C)cccc1CN1C2CCC1CC(O)(c1ccccc1F)C2.O=C(O)CC(O)(CC(=O)O)C(=O)O. The zero-order valence-corrected chi connectivity index (χ0v) is 21.8. The molecule has 0 amide bonds. The number of carboxylic acid groups (broad SMARTS) is 3. The lowest BCUT2D eigenvalue weighted by Crippen LogP contribution is -2.49. The molecule has 2 aliphatic rings. The molecular weight excluding hydrogens is 513 g/mol. The first-order chi connectivity index (χ1) is 18.3. The van der Waals surface area contributed by atoms with Gasteiger partial charge >= 0.3 is 17.9 Å². The van der Waals surface area contributed by atoms with Gasteiger partial charge < -0.3 is 30.3 Å². The van der Waals surface area contributed by atoms with Crippen molar-refractivity contribution < 1.29 is 49.0 Å². The van der Waals surface area contributed by atoms with Gasteiger partial charge in [0.15, 0.2) is 5.60 Å². The van der Waals surface area contributed by atoms with Gasteiger partial charge in [-0.25, -0.2) is 9.18 Å². The molecule has 5 N–H and O–H groups in total. The second-order valence-corrected chi connectivity index (χ2v) is 10.2. The lowest BCUT2D eigenvalue weighted by Gasteiger charge is -2.44. The molecule has 2 saturated heterocycles. The maximum Gasteiger partial charge on any atom is 0.336 e. The van der Waals surface area contributed by atoms with Crippen LogP contribution in [0.2, 0.25) is 0 Å². The Labute approximate surface area is 225 Å². The number of nitrogens with zero attached hydrogens (tertiary/aromatic N) is 1. The van der Waals surface area contributed by atoms with Crippen molar-refractivity contribution in [2.75, 3.05) is 7.11 Å². The van der Waals surface area contributed by atoms with Crippen molar-refractivity contribution in [3.63, 3.8) is 0 Å². The summed E-state index contributed by atoms with van der Waals surface area (Å²) in [4.78, 5) is 33.0. The van der Waals surface area contributed by atoms with Gasteiger partial charge in [0.2, 0.25) is 0 Å². The third kappa shape index (κ3) is 6.92. The summed E-state index contributed by atoms with van der Waals surface area (Å²) in [6, 6.07) is 13.4. The monoisotopic (exact) mass is 547 g/mol. The standard InChI is InChI=1S/C22H26FNO2.C6H8O7/c1-15-6-5-7-16(21(15)26-2)14-24-17-10-11-18(24)13-22(25,12-17)19-8-3-4-9-20(19)23;7-3(8)1-6(13,5(11)12)2-4(9)10/h3-9,17-18,25H,10-14H2,1-2H3;13H,1-2H2,(H,7,8)(H,9,10)(H,11,12). The van der Waals surface area contributed by atoms with Crippen LogP contribution in [-0.4, -0.2) is 73.1 Å². The number of benzene rings is 2. The van der Waals surface area contributed by atoms with Gasteiger partial charge in [-0.2, -0.15) is 0 Å². The normalized spacial score (nSPS) is 22.5. The molecule has 2 aromatic carbocycles. The van der Waals surface area contributed by atoms with E-state index >= 15 is 0 Å². The van der Waals surface area contributed by atoms with Gasteiger partial charge in [0, 0.05) is 29.8 Å². The number of hydrogen-bond acceptors (Lipinski definition) is 7. The van der Waals surface area contributed by atoms with Crippen LogP contribution in [0.5, 0.6) is 5.75 Å². The minimum absolute atomic E-state index is 0.267. The second-order valence-electron chi connectivity index (χ2n) is 10.2. The van der Waals surface area contributed by atoms with Crippen LogP contribution in [0.1, 0.15) is 55.2 Å². The molecule has 0 saturated carbocycles. The first-order valence-corrected chi connectivity index (χ1v) is 12.5. The molecule has 2 unspecified atom stereocenters. The summed E-state index contributed by atoms with van der Waals surface area (Å²) in [5, 5.41) is 45.1. The second kappa shape index (κ2) is 12.1. The fourth-order valence-corrected chi connectivity index (χ4v) is 5.67. The lowest BCUT2D eigenvalue weighted by atomic mass is 9.80. The Morgan fingerprint density at radius 2 is 1.56 bits per heavy atom. The van der Waals surface area contributed by atoms with Crippen LogP contribution in [0.3, 0.4) is 0 Å². The summed E-state index contributed by atoms with van der Waals surface area (Å²) in [6.07, 6.45) is 0.978. The molecule has 11 heteroatoms. The van der Waals surface area contributed by atoms with Gasteiger partial charge in [0.05, 0.1) is 25.6 Å². The molecule has 0 spiro atoms. The maximum absolute atomic E-state index is 14.3. The minimum atomic E-state index is -2.74. The van der Waals surface area contributed by atoms with E-state index < -0.39 is 42.0 Å². The fraction of sp³-hybridized carbons (Fsp3) is 0.464. The van der Waals surface area contributed by atoms with E-state index in [0.717, 1.165) is 30.7 Å². The molecule has 0 aliphatic carbocycles. The van der Waals surface area contributed by atoms with Gasteiger partial charge in [-0.15, -0.1) is 0 Å². The maximum atomic E-state index is 14.3. The Kier molecular flexibility index (Phi) is 9.31. The van der Waals surface area contributed by atoms with E-state index in [4.69, 9.17) is 25.2 Å². The lowest BCUT2D eigenvalue weighted by molar-refractivity contribution is -0.170. The number of aryl methyl sites for hydroxylation is 1. The highest BCUT2D eigenvalue weighted by Crippen LogP contribution is 2.47. The molecule has 2 heterocycles. The molecule has 0 aromatic heterocycles. The summed E-state index contributed by atoms with van der Waals surface area (Å²) in [7, 11) is 1.72. The number of para-hydroxylation sites is 1. The molecule has 10 nitrogen and oxygen atoms in total. The van der Waals surface area contributed by atoms with Crippen LogP contribution in [0.25, 0.3) is 0 Å². The molecular formula is C28H34FNO9. The number of methoxy groups -OCH3 is 1. The van der Waals surface area contributed by atoms with Crippen LogP contribution < -0.4 is 4.74 Å². The summed E-state index contributed by atoms with van der Waals surface area (Å²) in [5.41, 5.74) is -1.04. The Balaban J connectivity index is 0.000000276. The average Bonchev–Trinajstić information content (AvgIpc) is 3.08. The average molecular weight is 548 g/mol. The van der Waals surface area contributed by atoms with Gasteiger partial charge in [-0.3, -0.25) is 14.5 Å². The quantitative estimate of drug-likeness (QED) is 0.315. The van der Waals surface area contributed by atoms with Crippen molar-refractivity contribution in [2.24, 2.45) is 0 Å². The number of carboxylic acids is 3. The molecule has 4 rings (SSSR count). The number of ether oxygens (including phenoxy) is 1. The van der Waals surface area contributed by atoms with Gasteiger partial charge in [0.1, 0.15) is 11.6 Å². The Morgan fingerprint density at radius 1 is 1.00 bits per heavy atom. The highest BCUT2D eigenvalue weighted by Gasteiger charge is 2.49. The fourth-order valence-electron chi connectivity index (χ4n) is 5.67. The Hall–Kier alpha value is -3.54. The molecule has 2 aromatic rings. The van der Waals surface area contributed by atoms with E-state index in [-0.39, 0.29) is 17.9 Å². The van der Waals surface area contributed by atoms with Crippen molar-refractivity contribution in [1.82, 2.24) is 4.90 Å². The van der Waals surface area contributed by atoms with Crippen LogP contribution in [0, 0.1) is 12.7 Å². The number of carbonyl (C=O) groups is 3. The Morgan fingerprint density at radius 3 is 2.05 bits per heavy atom. The van der Waals surface area contributed by atoms with Gasteiger partial charge in [-0.1, -0.05) is 36.4 Å². The van der Waals surface area contributed by atoms with Crippen LogP contribution in [0.4, 0.5) is 4.39 Å². The number of rotatable bonds is 9. The molecule has 2 fully saturated rings. The van der Waals surface area contributed by atoms with Crippen molar-refractivity contribution in [3.8, 4) is 5.75 Å². The van der Waals surface area contributed by atoms with Crippen molar-refractivity contribution in [2.45, 2.75) is 75.3 Å². The number of halogens is 1. The first-order valence-electron chi connectivity index (χ1n) is 12.5. The highest BCUT2D eigenvalue weighted by atomic mass is 19.1. The van der Waals surface area contributed by atoms with Gasteiger partial charge in [-0.05, 0) is 44.2 Å². The van der Waals surface area contributed by atoms with Crippen LogP contribution >= 0.6 is 0 Å². The Bertz CT molecular complexity index is 1190. The van der Waals surface area contributed by atoms with E-state index in [0.29, 0.717) is 18.4 Å². The van der Waals surface area contributed by atoms with Crippen molar-refractivity contribution in [1.29, 1.82) is 0 Å². The smallest absolute Gasteiger partial charge is 0.336 e. The molecule has 2 aliphatic heterocycles. The third-order valence-corrected chi connectivity index (χ3v) is 7.43. The number of aliphatic hydroxyl groups is 2. The molecule has 0 radical (unpaired) electrons. The van der Waals surface area contributed by atoms with Crippen LogP contribution in [-0.2, 0) is 26.5 Å². The third-order valence-electron chi connectivity index (χ3n) is 7.43. The highest BCUT2D eigenvalue weighted by molar-refractivity contribution is 5.88. The van der Waals surface area contributed by atoms with E-state index in [1.54, 1.807) is 19.2 Å². The van der Waals surface area contributed by atoms with Crippen LogP contribution in [0.15, 0.2) is 42.5 Å². The van der Waals surface area contributed by atoms with Crippen molar-refractivity contribution >= 4 is 17.9 Å². The summed E-state index contributed by atoms with van der Waals surface area (Å²) < 4.78 is 19.9. The summed E-state index contributed by atoms with van der Waals surface area (Å²) in [6.45, 7) is 2.87. The molecule has 39 heavy (non-hydrogen) atoms. The largest absolute Gasteiger partial charge is 0.496 e. The van der Waals surface area contributed by atoms with E-state index in [1.165, 1.54) is 11.6 Å². The van der Waals surface area contributed by atoms with Gasteiger partial charge in [0.25, 0.3) is 0 Å². The number of hydrogen-bond donors (Lipinski definition) is 5. The first kappa shape index (κ1) is 30.0. The molecule has 2 atom stereocenters. The molecule has 2 bridgehead atoms. The predicted octanol–water partition coefficient (Wildman–Crippen LogP) is 2.91. The summed E-state index contributed by atoms with van der Waals surface area (Å²) >= 11 is 0. The topological polar surface area (TPSA) is 165 Å². The van der Waals surface area contributed by atoms with E-state index in [9.17, 15) is 23.9 Å². The number of piperidine rings is 1. The summed E-state index contributed by atoms with van der Waals surface area (Å²) in [5.74, 6) is -4.38.